The fourth-order valence-electron chi connectivity index (χ4n) is 1.88. The van der Waals surface area contributed by atoms with Crippen LogP contribution >= 0.6 is 0 Å². The van der Waals surface area contributed by atoms with Crippen LogP contribution in [0.2, 0.25) is 0 Å². The summed E-state index contributed by atoms with van der Waals surface area (Å²) in [5.41, 5.74) is 0.815. The Labute approximate surface area is 101 Å². The third-order valence-corrected chi connectivity index (χ3v) is 2.73. The zero-order chi connectivity index (χ0) is 12.3. The Morgan fingerprint density at radius 2 is 2.12 bits per heavy atom. The smallest absolute Gasteiger partial charge is 0.229 e. The molecule has 1 fully saturated rings. The Kier molecular flexibility index (Phi) is 3.64. The van der Waals surface area contributed by atoms with Gasteiger partial charge in [-0.1, -0.05) is 6.92 Å². The summed E-state index contributed by atoms with van der Waals surface area (Å²) in [7, 11) is 0. The number of aliphatic hydroxyl groups is 1. The molecule has 1 N–H and O–H groups in total. The van der Waals surface area contributed by atoms with Crippen molar-refractivity contribution in [1.29, 1.82) is 0 Å². The van der Waals surface area contributed by atoms with Crippen molar-refractivity contribution < 1.29 is 14.6 Å². The summed E-state index contributed by atoms with van der Waals surface area (Å²) in [5, 5.41) is 9.41. The summed E-state index contributed by atoms with van der Waals surface area (Å²) in [5.74, 6) is 0.780. The van der Waals surface area contributed by atoms with Crippen LogP contribution in [-0.4, -0.2) is 30.3 Å². The highest BCUT2D eigenvalue weighted by molar-refractivity contribution is 5.96. The first-order valence-corrected chi connectivity index (χ1v) is 5.92. The molecule has 0 aromatic heterocycles. The minimum absolute atomic E-state index is 0.0280. The molecule has 1 aliphatic rings. The lowest BCUT2D eigenvalue weighted by molar-refractivity contribution is -0.117. The first kappa shape index (κ1) is 11.9. The molecular formula is C13H17NO3. The second kappa shape index (κ2) is 5.19. The number of hydrogen-bond acceptors (Lipinski definition) is 3. The highest BCUT2D eigenvalue weighted by atomic mass is 16.5. The molecule has 1 unspecified atom stereocenters. The van der Waals surface area contributed by atoms with Gasteiger partial charge in [-0.05, 0) is 30.7 Å². The topological polar surface area (TPSA) is 49.8 Å². The van der Waals surface area contributed by atoms with Crippen molar-refractivity contribution in [2.24, 2.45) is 0 Å². The van der Waals surface area contributed by atoms with E-state index in [4.69, 9.17) is 4.74 Å². The van der Waals surface area contributed by atoms with Crippen LogP contribution in [0.1, 0.15) is 19.8 Å². The second-order valence-electron chi connectivity index (χ2n) is 4.20. The van der Waals surface area contributed by atoms with Crippen LogP contribution in [0.15, 0.2) is 24.3 Å². The SMILES string of the molecule is CCCOc1ccc(N2CC(O)CC2=O)cc1. The highest BCUT2D eigenvalue weighted by Crippen LogP contribution is 2.24. The van der Waals surface area contributed by atoms with Gasteiger partial charge in [-0.3, -0.25) is 4.79 Å². The van der Waals surface area contributed by atoms with Gasteiger partial charge in [0.15, 0.2) is 0 Å². The molecule has 1 aliphatic heterocycles. The van der Waals surface area contributed by atoms with Gasteiger partial charge in [0.05, 0.1) is 25.7 Å². The second-order valence-corrected chi connectivity index (χ2v) is 4.20. The number of amides is 1. The maximum Gasteiger partial charge on any atom is 0.229 e. The number of carbonyl (C=O) groups excluding carboxylic acids is 1. The molecule has 0 saturated carbocycles. The fourth-order valence-corrected chi connectivity index (χ4v) is 1.88. The van der Waals surface area contributed by atoms with Gasteiger partial charge in [0.1, 0.15) is 5.75 Å². The van der Waals surface area contributed by atoms with E-state index in [0.717, 1.165) is 17.9 Å². The molecule has 4 nitrogen and oxygen atoms in total. The summed E-state index contributed by atoms with van der Waals surface area (Å²) < 4.78 is 5.47. The van der Waals surface area contributed by atoms with Crippen molar-refractivity contribution in [2.45, 2.75) is 25.9 Å². The van der Waals surface area contributed by atoms with Crippen molar-refractivity contribution in [3.8, 4) is 5.75 Å². The molecule has 17 heavy (non-hydrogen) atoms. The lowest BCUT2D eigenvalue weighted by atomic mass is 10.3. The predicted molar refractivity (Wildman–Crippen MR) is 65.2 cm³/mol. The number of anilines is 1. The third kappa shape index (κ3) is 2.77. The maximum atomic E-state index is 11.6. The van der Waals surface area contributed by atoms with Gasteiger partial charge in [0.25, 0.3) is 0 Å². The fraction of sp³-hybridized carbons (Fsp3) is 0.462. The Morgan fingerprint density at radius 3 is 2.65 bits per heavy atom. The Morgan fingerprint density at radius 1 is 1.41 bits per heavy atom. The standard InChI is InChI=1S/C13H17NO3/c1-2-7-17-12-5-3-10(4-6-12)14-9-11(15)8-13(14)16/h3-6,11,15H,2,7-9H2,1H3. The zero-order valence-corrected chi connectivity index (χ0v) is 9.93. The Balaban J connectivity index is 2.05. The van der Waals surface area contributed by atoms with Gasteiger partial charge < -0.3 is 14.7 Å². The van der Waals surface area contributed by atoms with Gasteiger partial charge in [0.2, 0.25) is 5.91 Å². The van der Waals surface area contributed by atoms with E-state index >= 15 is 0 Å². The summed E-state index contributed by atoms with van der Waals surface area (Å²) in [4.78, 5) is 13.2. The number of aliphatic hydroxyl groups excluding tert-OH is 1. The monoisotopic (exact) mass is 235 g/mol. The molecule has 2 rings (SSSR count). The number of hydrogen-bond donors (Lipinski definition) is 1. The molecule has 0 bridgehead atoms. The number of ether oxygens (including phenoxy) is 1. The molecule has 1 saturated heterocycles. The van der Waals surface area contributed by atoms with Gasteiger partial charge in [0, 0.05) is 5.69 Å². The van der Waals surface area contributed by atoms with Crippen molar-refractivity contribution in [3.63, 3.8) is 0 Å². The lowest BCUT2D eigenvalue weighted by Gasteiger charge is -2.16. The van der Waals surface area contributed by atoms with Gasteiger partial charge >= 0.3 is 0 Å². The molecule has 1 aromatic rings. The van der Waals surface area contributed by atoms with Gasteiger partial charge in [-0.15, -0.1) is 0 Å². The largest absolute Gasteiger partial charge is 0.494 e. The molecule has 1 atom stereocenters. The zero-order valence-electron chi connectivity index (χ0n) is 9.93. The molecule has 1 amide bonds. The molecule has 0 aliphatic carbocycles. The number of rotatable bonds is 4. The first-order chi connectivity index (χ1) is 8.20. The summed E-state index contributed by atoms with van der Waals surface area (Å²) in [6.45, 7) is 3.13. The average Bonchev–Trinajstić information content (AvgIpc) is 2.66. The lowest BCUT2D eigenvalue weighted by Crippen LogP contribution is -2.25. The molecule has 92 valence electrons. The minimum atomic E-state index is -0.543. The highest BCUT2D eigenvalue weighted by Gasteiger charge is 2.28. The van der Waals surface area contributed by atoms with Crippen LogP contribution in [0.4, 0.5) is 5.69 Å². The van der Waals surface area contributed by atoms with Crippen LogP contribution in [0.3, 0.4) is 0 Å². The van der Waals surface area contributed by atoms with E-state index in [1.807, 2.05) is 24.3 Å². The van der Waals surface area contributed by atoms with Gasteiger partial charge in [-0.2, -0.15) is 0 Å². The average molecular weight is 235 g/mol. The van der Waals surface area contributed by atoms with Crippen LogP contribution in [0.25, 0.3) is 0 Å². The maximum absolute atomic E-state index is 11.6. The summed E-state index contributed by atoms with van der Waals surface area (Å²) >= 11 is 0. The predicted octanol–water partition coefficient (Wildman–Crippen LogP) is 1.57. The first-order valence-electron chi connectivity index (χ1n) is 5.92. The van der Waals surface area contributed by atoms with E-state index in [1.165, 1.54) is 0 Å². The number of carbonyl (C=O) groups is 1. The van der Waals surface area contributed by atoms with Crippen molar-refractivity contribution in [1.82, 2.24) is 0 Å². The Hall–Kier alpha value is -1.55. The molecular weight excluding hydrogens is 218 g/mol. The van der Waals surface area contributed by atoms with E-state index in [2.05, 4.69) is 6.92 Å². The van der Waals surface area contributed by atoms with E-state index in [9.17, 15) is 9.90 Å². The summed E-state index contributed by atoms with van der Waals surface area (Å²) in [6, 6.07) is 7.40. The molecule has 1 aromatic carbocycles. The number of β-amino-alcohol motifs (C(OH)–C–C–N with tert-alkyl or cyclic N) is 1. The molecule has 0 spiro atoms. The van der Waals surface area contributed by atoms with E-state index < -0.39 is 6.10 Å². The van der Waals surface area contributed by atoms with Crippen molar-refractivity contribution >= 4 is 11.6 Å². The quantitative estimate of drug-likeness (QED) is 0.861. The van der Waals surface area contributed by atoms with Gasteiger partial charge in [-0.25, -0.2) is 0 Å². The molecule has 0 radical (unpaired) electrons. The Bertz CT molecular complexity index is 388. The molecule has 4 heteroatoms. The van der Waals surface area contributed by atoms with Crippen LogP contribution < -0.4 is 9.64 Å². The van der Waals surface area contributed by atoms with Crippen LogP contribution in [0, 0.1) is 0 Å². The minimum Gasteiger partial charge on any atom is -0.494 e. The van der Waals surface area contributed by atoms with E-state index in [-0.39, 0.29) is 12.3 Å². The van der Waals surface area contributed by atoms with E-state index in [0.29, 0.717) is 13.2 Å². The van der Waals surface area contributed by atoms with Crippen molar-refractivity contribution in [2.75, 3.05) is 18.1 Å². The number of benzene rings is 1. The van der Waals surface area contributed by atoms with Crippen LogP contribution in [-0.2, 0) is 4.79 Å². The summed E-state index contributed by atoms with van der Waals surface area (Å²) in [6.07, 6.45) is 0.644. The third-order valence-electron chi connectivity index (χ3n) is 2.73. The van der Waals surface area contributed by atoms with E-state index in [1.54, 1.807) is 4.90 Å². The number of nitrogens with zero attached hydrogens (tertiary/aromatic N) is 1. The molecule has 1 heterocycles. The normalized spacial score (nSPS) is 19.8. The van der Waals surface area contributed by atoms with Crippen molar-refractivity contribution in [3.05, 3.63) is 24.3 Å². The van der Waals surface area contributed by atoms with Crippen LogP contribution in [0.5, 0.6) is 5.75 Å².